The van der Waals surface area contributed by atoms with Crippen LogP contribution in [0.2, 0.25) is 5.02 Å². The maximum atomic E-state index is 14.0. The highest BCUT2D eigenvalue weighted by Gasteiger charge is 2.25. The second-order valence-electron chi connectivity index (χ2n) is 9.53. The van der Waals surface area contributed by atoms with E-state index in [1.165, 1.54) is 12.1 Å². The van der Waals surface area contributed by atoms with Gasteiger partial charge in [0, 0.05) is 29.4 Å². The summed E-state index contributed by atoms with van der Waals surface area (Å²) >= 11 is 6.18. The predicted octanol–water partition coefficient (Wildman–Crippen LogP) is 7.57. The predicted molar refractivity (Wildman–Crippen MR) is 155 cm³/mol. The summed E-state index contributed by atoms with van der Waals surface area (Å²) in [7, 11) is 1.57. The Morgan fingerprint density at radius 1 is 0.902 bits per heavy atom. The van der Waals surface area contributed by atoms with Crippen LogP contribution in [-0.4, -0.2) is 28.7 Å². The molecule has 0 aliphatic heterocycles. The Kier molecular flexibility index (Phi) is 8.03. The molecule has 0 bridgehead atoms. The highest BCUT2D eigenvalue weighted by Crippen LogP contribution is 2.36. The number of methoxy groups -OCH3 is 1. The Bertz CT molecular complexity index is 1750. The van der Waals surface area contributed by atoms with Crippen LogP contribution in [0.1, 0.15) is 28.0 Å². The van der Waals surface area contributed by atoms with Gasteiger partial charge in [-0.3, -0.25) is 4.79 Å². The number of carboxylic acid groups (broad SMARTS) is 1. The summed E-state index contributed by atoms with van der Waals surface area (Å²) in [6, 6.07) is 22.5. The van der Waals surface area contributed by atoms with Crippen molar-refractivity contribution < 1.29 is 28.2 Å². The van der Waals surface area contributed by atoms with Gasteiger partial charge in [0.25, 0.3) is 0 Å². The number of benzene rings is 4. The summed E-state index contributed by atoms with van der Waals surface area (Å²) in [5, 5.41) is 14.1. The van der Waals surface area contributed by atoms with Crippen molar-refractivity contribution in [2.75, 3.05) is 12.4 Å². The molecule has 0 aliphatic carbocycles. The van der Waals surface area contributed by atoms with Crippen LogP contribution in [0, 0.1) is 11.6 Å². The SMILES string of the molecule is COc1ccc(CCC(=O)Nc2c(C(=O)O)n(Cc3cccc(Cl)c3)c3cc(-c4cc(F)cc(F)c4)ccc23)cc1. The van der Waals surface area contributed by atoms with Crippen LogP contribution < -0.4 is 10.1 Å². The van der Waals surface area contributed by atoms with Gasteiger partial charge in [0.05, 0.1) is 18.3 Å². The number of aryl methyl sites for hydroxylation is 1. The molecular formula is C32H25ClF2N2O4. The molecule has 5 rings (SSSR count). The largest absolute Gasteiger partial charge is 0.497 e. The molecule has 0 aliphatic rings. The molecule has 0 saturated carbocycles. The van der Waals surface area contributed by atoms with Gasteiger partial charge >= 0.3 is 5.97 Å². The molecule has 1 heterocycles. The summed E-state index contributed by atoms with van der Waals surface area (Å²) < 4.78 is 34.7. The lowest BCUT2D eigenvalue weighted by Crippen LogP contribution is -2.17. The lowest BCUT2D eigenvalue weighted by Gasteiger charge is -2.11. The number of halogens is 3. The number of aromatic nitrogens is 1. The number of anilines is 1. The first kappa shape index (κ1) is 27.9. The second-order valence-corrected chi connectivity index (χ2v) is 9.97. The minimum absolute atomic E-state index is 0.118. The number of fused-ring (bicyclic) bond motifs is 1. The summed E-state index contributed by atoms with van der Waals surface area (Å²) in [6.07, 6.45) is 0.557. The van der Waals surface area contributed by atoms with Gasteiger partial charge < -0.3 is 19.7 Å². The molecule has 2 N–H and O–H groups in total. The van der Waals surface area contributed by atoms with Gasteiger partial charge in [-0.2, -0.15) is 0 Å². The van der Waals surface area contributed by atoms with Crippen LogP contribution in [0.25, 0.3) is 22.0 Å². The van der Waals surface area contributed by atoms with Crippen molar-refractivity contribution in [2.45, 2.75) is 19.4 Å². The molecule has 6 nitrogen and oxygen atoms in total. The lowest BCUT2D eigenvalue weighted by molar-refractivity contribution is -0.116. The monoisotopic (exact) mass is 574 g/mol. The number of aromatic carboxylic acids is 1. The Labute approximate surface area is 239 Å². The molecule has 0 fully saturated rings. The number of ether oxygens (including phenoxy) is 1. The number of carbonyl (C=O) groups excluding carboxylic acids is 1. The summed E-state index contributed by atoms with van der Waals surface area (Å²) in [4.78, 5) is 25.7. The van der Waals surface area contributed by atoms with Gasteiger partial charge in [0.15, 0.2) is 5.69 Å². The number of rotatable bonds is 9. The van der Waals surface area contributed by atoms with Crippen LogP contribution in [0.5, 0.6) is 5.75 Å². The maximum absolute atomic E-state index is 14.0. The van der Waals surface area contributed by atoms with Gasteiger partial charge in [0.2, 0.25) is 5.91 Å². The number of carboxylic acids is 1. The fourth-order valence-corrected chi connectivity index (χ4v) is 5.05. The number of hydrogen-bond acceptors (Lipinski definition) is 3. The van der Waals surface area contributed by atoms with E-state index in [1.54, 1.807) is 60.2 Å². The third-order valence-electron chi connectivity index (χ3n) is 6.76. The molecule has 5 aromatic rings. The molecule has 208 valence electrons. The standard InChI is InChI=1S/C32H25ClF2N2O4/c1-41-26-9-5-19(6-10-26)7-12-29(38)36-30-27-11-8-21(22-14-24(34)17-25(35)15-22)16-28(27)37(31(30)32(39)40)18-20-3-2-4-23(33)13-20/h2-6,8-11,13-17H,7,12,18H2,1H3,(H,36,38)(H,39,40). The van der Waals surface area contributed by atoms with Crippen molar-refractivity contribution in [3.05, 3.63) is 118 Å². The Morgan fingerprint density at radius 2 is 1.63 bits per heavy atom. The van der Waals surface area contributed by atoms with Gasteiger partial charge in [0.1, 0.15) is 17.4 Å². The van der Waals surface area contributed by atoms with Gasteiger partial charge in [-0.25, -0.2) is 13.6 Å². The van der Waals surface area contributed by atoms with E-state index in [4.69, 9.17) is 16.3 Å². The van der Waals surface area contributed by atoms with Crippen LogP contribution in [-0.2, 0) is 17.8 Å². The zero-order chi connectivity index (χ0) is 29.1. The van der Waals surface area contributed by atoms with E-state index in [1.807, 2.05) is 18.2 Å². The molecule has 1 amide bonds. The molecule has 9 heteroatoms. The van der Waals surface area contributed by atoms with E-state index < -0.39 is 17.6 Å². The first-order valence-corrected chi connectivity index (χ1v) is 13.1. The average molecular weight is 575 g/mol. The van der Waals surface area contributed by atoms with Crippen LogP contribution in [0.15, 0.2) is 84.9 Å². The van der Waals surface area contributed by atoms with Crippen molar-refractivity contribution in [3.8, 4) is 16.9 Å². The zero-order valence-corrected chi connectivity index (χ0v) is 22.7. The number of amides is 1. The van der Waals surface area contributed by atoms with Gasteiger partial charge in [-0.1, -0.05) is 48.0 Å². The zero-order valence-electron chi connectivity index (χ0n) is 22.0. The molecular weight excluding hydrogens is 550 g/mol. The third-order valence-corrected chi connectivity index (χ3v) is 6.99. The summed E-state index contributed by atoms with van der Waals surface area (Å²) in [6.45, 7) is 0.126. The van der Waals surface area contributed by atoms with E-state index >= 15 is 0 Å². The molecule has 1 aromatic heterocycles. The van der Waals surface area contributed by atoms with Crippen molar-refractivity contribution in [3.63, 3.8) is 0 Å². The highest BCUT2D eigenvalue weighted by molar-refractivity contribution is 6.30. The number of nitrogens with one attached hydrogen (secondary N) is 1. The van der Waals surface area contributed by atoms with Crippen molar-refractivity contribution in [1.29, 1.82) is 0 Å². The molecule has 0 unspecified atom stereocenters. The summed E-state index contributed by atoms with van der Waals surface area (Å²) in [5.41, 5.74) is 2.92. The molecule has 0 atom stereocenters. The first-order chi connectivity index (χ1) is 19.7. The maximum Gasteiger partial charge on any atom is 0.354 e. The highest BCUT2D eigenvalue weighted by atomic mass is 35.5. The Morgan fingerprint density at radius 3 is 2.29 bits per heavy atom. The van der Waals surface area contributed by atoms with E-state index in [-0.39, 0.29) is 30.3 Å². The lowest BCUT2D eigenvalue weighted by atomic mass is 10.0. The number of nitrogens with zero attached hydrogens (tertiary/aromatic N) is 1. The fraction of sp³-hybridized carbons (Fsp3) is 0.125. The van der Waals surface area contributed by atoms with Crippen molar-refractivity contribution in [2.24, 2.45) is 0 Å². The molecule has 0 radical (unpaired) electrons. The van der Waals surface area contributed by atoms with Crippen molar-refractivity contribution in [1.82, 2.24) is 4.57 Å². The van der Waals surface area contributed by atoms with E-state index in [0.717, 1.165) is 17.2 Å². The van der Waals surface area contributed by atoms with Gasteiger partial charge in [-0.05, 0) is 71.1 Å². The number of carbonyl (C=O) groups is 2. The molecule has 4 aromatic carbocycles. The minimum Gasteiger partial charge on any atom is -0.497 e. The van der Waals surface area contributed by atoms with Crippen molar-refractivity contribution >= 4 is 40.1 Å². The average Bonchev–Trinajstić information content (AvgIpc) is 3.23. The smallest absolute Gasteiger partial charge is 0.354 e. The normalized spacial score (nSPS) is 11.0. The fourth-order valence-electron chi connectivity index (χ4n) is 4.83. The van der Waals surface area contributed by atoms with Crippen LogP contribution >= 0.6 is 11.6 Å². The minimum atomic E-state index is -1.24. The first-order valence-electron chi connectivity index (χ1n) is 12.7. The molecule has 0 saturated heterocycles. The summed E-state index contributed by atoms with van der Waals surface area (Å²) in [5.74, 6) is -2.36. The van der Waals surface area contributed by atoms with E-state index in [9.17, 15) is 23.5 Å². The number of hydrogen-bond donors (Lipinski definition) is 2. The molecule has 0 spiro atoms. The second kappa shape index (κ2) is 11.8. The third kappa shape index (κ3) is 6.23. The van der Waals surface area contributed by atoms with Gasteiger partial charge in [-0.15, -0.1) is 0 Å². The quantitative estimate of drug-likeness (QED) is 0.190. The topological polar surface area (TPSA) is 80.6 Å². The van der Waals surface area contributed by atoms with E-state index in [0.29, 0.717) is 39.2 Å². The Balaban J connectivity index is 1.56. The Hall–Kier alpha value is -4.69. The van der Waals surface area contributed by atoms with Crippen LogP contribution in [0.3, 0.4) is 0 Å². The molecule has 41 heavy (non-hydrogen) atoms. The van der Waals surface area contributed by atoms with Crippen LogP contribution in [0.4, 0.5) is 14.5 Å². The van der Waals surface area contributed by atoms with E-state index in [2.05, 4.69) is 5.32 Å².